The minimum atomic E-state index is -0.370. The Morgan fingerprint density at radius 2 is 1.77 bits per heavy atom. The van der Waals surface area contributed by atoms with E-state index in [1.54, 1.807) is 0 Å². The third-order valence-corrected chi connectivity index (χ3v) is 9.52. The highest BCUT2D eigenvalue weighted by molar-refractivity contribution is 5.99. The molecule has 0 aliphatic heterocycles. The number of hydrogen-bond donors (Lipinski definition) is 4. The van der Waals surface area contributed by atoms with Gasteiger partial charge in [0.1, 0.15) is 0 Å². The summed E-state index contributed by atoms with van der Waals surface area (Å²) >= 11 is 0. The molecule has 6 nitrogen and oxygen atoms in total. The molecule has 2 amide bonds. The molecule has 206 valence electrons. The number of rotatable bonds is 6. The van der Waals surface area contributed by atoms with Crippen LogP contribution in [0.1, 0.15) is 81.5 Å². The predicted octanol–water partition coefficient (Wildman–Crippen LogP) is 6.66. The summed E-state index contributed by atoms with van der Waals surface area (Å²) in [7, 11) is 0. The Morgan fingerprint density at radius 3 is 2.54 bits per heavy atom. The van der Waals surface area contributed by atoms with E-state index >= 15 is 0 Å². The van der Waals surface area contributed by atoms with Gasteiger partial charge in [0.25, 0.3) is 5.91 Å². The monoisotopic (exact) mass is 527 g/mol. The lowest BCUT2D eigenvalue weighted by molar-refractivity contribution is -0.134. The fraction of sp³-hybridized carbons (Fsp3) is 0.515. The molecule has 4 unspecified atom stereocenters. The first-order chi connectivity index (χ1) is 18.9. The van der Waals surface area contributed by atoms with Gasteiger partial charge in [0, 0.05) is 40.5 Å². The smallest absolute Gasteiger partial charge is 0.251 e. The van der Waals surface area contributed by atoms with Crippen molar-refractivity contribution < 1.29 is 14.7 Å². The quantitative estimate of drug-likeness (QED) is 0.289. The van der Waals surface area contributed by atoms with Crippen molar-refractivity contribution in [3.8, 4) is 11.3 Å². The number of aliphatic hydroxyl groups excluding tert-OH is 1. The summed E-state index contributed by atoms with van der Waals surface area (Å²) in [4.78, 5) is 29.9. The molecule has 4 N–H and O–H groups in total. The van der Waals surface area contributed by atoms with Gasteiger partial charge in [0.15, 0.2) is 0 Å². The number of hydrogen-bond acceptors (Lipinski definition) is 3. The van der Waals surface area contributed by atoms with E-state index in [-0.39, 0.29) is 35.8 Å². The summed E-state index contributed by atoms with van der Waals surface area (Å²) in [5.74, 6) is 1.41. The average molecular weight is 528 g/mol. The van der Waals surface area contributed by atoms with Crippen LogP contribution < -0.4 is 10.6 Å². The van der Waals surface area contributed by atoms with E-state index in [1.165, 1.54) is 19.3 Å². The van der Waals surface area contributed by atoms with Gasteiger partial charge in [-0.2, -0.15) is 0 Å². The van der Waals surface area contributed by atoms with Crippen LogP contribution >= 0.6 is 0 Å². The molecule has 3 fully saturated rings. The standard InChI is InChI=1S/C33H41N3O3/c1-21-13-22-14-23(20-37)19-33(17-21,18-22)32(39)35-28-11-9-24(10-12-28)29-15-25-7-8-26(16-30(25)36-29)31(38)34-27-5-3-2-4-6-27/h7-12,15-16,21-23,27,36-37H,2-6,13-14,17-20H2,1H3,(H,34,38)(H,35,39). The minimum Gasteiger partial charge on any atom is -0.396 e. The number of aromatic nitrogens is 1. The van der Waals surface area contributed by atoms with E-state index < -0.39 is 0 Å². The van der Waals surface area contributed by atoms with Crippen molar-refractivity contribution in [3.05, 3.63) is 54.1 Å². The average Bonchev–Trinajstić information content (AvgIpc) is 3.37. The van der Waals surface area contributed by atoms with Crippen molar-refractivity contribution >= 4 is 28.4 Å². The first-order valence-electron chi connectivity index (χ1n) is 14.9. The molecule has 3 aliphatic rings. The summed E-state index contributed by atoms with van der Waals surface area (Å²) in [6.45, 7) is 2.43. The van der Waals surface area contributed by atoms with Gasteiger partial charge in [0.05, 0.1) is 5.41 Å². The largest absolute Gasteiger partial charge is 0.396 e. The Kier molecular flexibility index (Phi) is 7.23. The number of carbonyl (C=O) groups excluding carboxylic acids is 2. The van der Waals surface area contributed by atoms with Gasteiger partial charge in [-0.15, -0.1) is 0 Å². The molecular formula is C33H41N3O3. The molecule has 2 bridgehead atoms. The summed E-state index contributed by atoms with van der Waals surface area (Å²) in [5, 5.41) is 17.3. The zero-order chi connectivity index (χ0) is 27.0. The van der Waals surface area contributed by atoms with E-state index in [0.29, 0.717) is 17.4 Å². The molecule has 0 radical (unpaired) electrons. The number of anilines is 1. The summed E-state index contributed by atoms with van der Waals surface area (Å²) < 4.78 is 0. The van der Waals surface area contributed by atoms with Crippen molar-refractivity contribution in [2.45, 2.75) is 77.2 Å². The van der Waals surface area contributed by atoms with Gasteiger partial charge in [-0.3, -0.25) is 9.59 Å². The maximum absolute atomic E-state index is 13.6. The fourth-order valence-electron chi connectivity index (χ4n) is 7.85. The Hall–Kier alpha value is -3.12. The number of carbonyl (C=O) groups is 2. The normalized spacial score (nSPS) is 27.3. The van der Waals surface area contributed by atoms with Crippen LogP contribution in [0.3, 0.4) is 0 Å². The molecule has 39 heavy (non-hydrogen) atoms. The summed E-state index contributed by atoms with van der Waals surface area (Å²) in [5.41, 5.74) is 4.06. The number of fused-ring (bicyclic) bond motifs is 3. The van der Waals surface area contributed by atoms with E-state index in [4.69, 9.17) is 0 Å². The van der Waals surface area contributed by atoms with Gasteiger partial charge in [-0.05, 0) is 98.6 Å². The van der Waals surface area contributed by atoms with Crippen LogP contribution in [0.15, 0.2) is 48.5 Å². The van der Waals surface area contributed by atoms with E-state index in [9.17, 15) is 14.7 Å². The highest BCUT2D eigenvalue weighted by Crippen LogP contribution is 2.53. The van der Waals surface area contributed by atoms with Crippen molar-refractivity contribution in [2.75, 3.05) is 11.9 Å². The van der Waals surface area contributed by atoms with Crippen LogP contribution in [0.5, 0.6) is 0 Å². The SMILES string of the molecule is CC1CC2CC(CO)CC(C(=O)Nc3ccc(-c4cc5ccc(C(=O)NC6CCCCC6)cc5[nH]4)cc3)(C1)C2. The van der Waals surface area contributed by atoms with Crippen LogP contribution in [0.4, 0.5) is 5.69 Å². The van der Waals surface area contributed by atoms with E-state index in [1.807, 2.05) is 42.5 Å². The van der Waals surface area contributed by atoms with Crippen LogP contribution in [0.25, 0.3) is 22.2 Å². The van der Waals surface area contributed by atoms with Crippen molar-refractivity contribution in [2.24, 2.45) is 23.2 Å². The van der Waals surface area contributed by atoms with Gasteiger partial charge >= 0.3 is 0 Å². The van der Waals surface area contributed by atoms with E-state index in [0.717, 1.165) is 72.8 Å². The summed E-state index contributed by atoms with van der Waals surface area (Å²) in [6.07, 6.45) is 10.6. The number of benzene rings is 2. The Bertz CT molecular complexity index is 1340. The molecule has 2 aromatic carbocycles. The third-order valence-electron chi connectivity index (χ3n) is 9.52. The first kappa shape index (κ1) is 26.1. The molecule has 6 rings (SSSR count). The predicted molar refractivity (Wildman–Crippen MR) is 155 cm³/mol. The molecule has 3 aromatic rings. The number of nitrogens with one attached hydrogen (secondary N) is 3. The second-order valence-electron chi connectivity index (χ2n) is 12.7. The molecule has 3 aliphatic carbocycles. The molecule has 4 atom stereocenters. The van der Waals surface area contributed by atoms with Crippen LogP contribution in [0, 0.1) is 23.2 Å². The number of amides is 2. The molecular weight excluding hydrogens is 486 g/mol. The molecule has 3 saturated carbocycles. The Balaban J connectivity index is 1.14. The highest BCUT2D eigenvalue weighted by atomic mass is 16.3. The zero-order valence-electron chi connectivity index (χ0n) is 23.0. The van der Waals surface area contributed by atoms with Gasteiger partial charge in [0.2, 0.25) is 5.91 Å². The molecule has 1 heterocycles. The molecule has 6 heteroatoms. The van der Waals surface area contributed by atoms with Crippen LogP contribution in [0.2, 0.25) is 0 Å². The first-order valence-corrected chi connectivity index (χ1v) is 14.9. The summed E-state index contributed by atoms with van der Waals surface area (Å²) in [6, 6.07) is 16.2. The van der Waals surface area contributed by atoms with Crippen molar-refractivity contribution in [1.29, 1.82) is 0 Å². The van der Waals surface area contributed by atoms with Crippen LogP contribution in [-0.2, 0) is 4.79 Å². The lowest BCUT2D eigenvalue weighted by atomic mass is 9.56. The van der Waals surface area contributed by atoms with Gasteiger partial charge in [-0.1, -0.05) is 44.4 Å². The second-order valence-corrected chi connectivity index (χ2v) is 12.7. The van der Waals surface area contributed by atoms with E-state index in [2.05, 4.69) is 28.6 Å². The van der Waals surface area contributed by atoms with Crippen molar-refractivity contribution in [1.82, 2.24) is 10.3 Å². The zero-order valence-corrected chi connectivity index (χ0v) is 23.0. The lowest BCUT2D eigenvalue weighted by Gasteiger charge is -2.49. The Morgan fingerprint density at radius 1 is 0.974 bits per heavy atom. The maximum atomic E-state index is 13.6. The maximum Gasteiger partial charge on any atom is 0.251 e. The van der Waals surface area contributed by atoms with Gasteiger partial charge in [-0.25, -0.2) is 0 Å². The highest BCUT2D eigenvalue weighted by Gasteiger charge is 2.49. The third kappa shape index (κ3) is 5.49. The number of H-pyrrole nitrogens is 1. The lowest BCUT2D eigenvalue weighted by Crippen LogP contribution is -2.47. The number of aliphatic hydroxyl groups is 1. The molecule has 0 saturated heterocycles. The number of aromatic amines is 1. The fourth-order valence-corrected chi connectivity index (χ4v) is 7.85. The van der Waals surface area contributed by atoms with Crippen LogP contribution in [-0.4, -0.2) is 34.6 Å². The van der Waals surface area contributed by atoms with Gasteiger partial charge < -0.3 is 20.7 Å². The molecule has 1 aromatic heterocycles. The van der Waals surface area contributed by atoms with Crippen molar-refractivity contribution in [3.63, 3.8) is 0 Å². The minimum absolute atomic E-state index is 0.00136. The molecule has 0 spiro atoms. The topological polar surface area (TPSA) is 94.2 Å². The second kappa shape index (κ2) is 10.8. The Labute approximate surface area is 231 Å².